The molecule has 0 unspecified atom stereocenters. The van der Waals surface area contributed by atoms with Gasteiger partial charge in [-0.1, -0.05) is 6.42 Å². The summed E-state index contributed by atoms with van der Waals surface area (Å²) in [6.45, 7) is 1.86. The lowest BCUT2D eigenvalue weighted by Crippen LogP contribution is -2.35. The van der Waals surface area contributed by atoms with Crippen LogP contribution in [0.4, 0.5) is 11.5 Å². The van der Waals surface area contributed by atoms with Gasteiger partial charge in [0.1, 0.15) is 0 Å². The molecule has 17 heavy (non-hydrogen) atoms. The number of carboxylic acids is 1. The first kappa shape index (κ1) is 11.7. The topological polar surface area (TPSA) is 91.5 Å². The molecule has 0 bridgehead atoms. The second-order valence-corrected chi connectivity index (χ2v) is 4.09. The number of pyridine rings is 1. The maximum atomic E-state index is 10.9. The lowest BCUT2D eigenvalue weighted by Gasteiger charge is -2.27. The van der Waals surface area contributed by atoms with Gasteiger partial charge in [0.05, 0.1) is 11.3 Å². The van der Waals surface area contributed by atoms with Gasteiger partial charge in [-0.2, -0.15) is 0 Å². The quantitative estimate of drug-likeness (QED) is 0.729. The van der Waals surface area contributed by atoms with Gasteiger partial charge in [0.2, 0.25) is 0 Å². The fourth-order valence-electron chi connectivity index (χ4n) is 1.90. The number of carbonyl (C=O) groups is 1. The average molecular weight is 236 g/mol. The molecule has 1 fully saturated rings. The van der Waals surface area contributed by atoms with Crippen LogP contribution in [0.1, 0.15) is 29.6 Å². The molecular formula is C11H16N4O2. The normalized spacial score (nSPS) is 16.7. The van der Waals surface area contributed by atoms with Crippen molar-refractivity contribution in [2.75, 3.05) is 24.2 Å². The molecule has 6 nitrogen and oxygen atoms in total. The Labute approximate surface area is 99.4 Å². The third-order valence-electron chi connectivity index (χ3n) is 2.84. The molecule has 0 amide bonds. The van der Waals surface area contributed by atoms with Crippen LogP contribution >= 0.6 is 0 Å². The maximum absolute atomic E-state index is 10.9. The zero-order valence-corrected chi connectivity index (χ0v) is 9.52. The molecule has 1 aliphatic rings. The van der Waals surface area contributed by atoms with Crippen LogP contribution in [0.2, 0.25) is 0 Å². The van der Waals surface area contributed by atoms with Crippen LogP contribution in [0.5, 0.6) is 0 Å². The molecular weight excluding hydrogens is 220 g/mol. The van der Waals surface area contributed by atoms with Gasteiger partial charge in [0.15, 0.2) is 5.82 Å². The highest BCUT2D eigenvalue weighted by Gasteiger charge is 2.15. The van der Waals surface area contributed by atoms with Gasteiger partial charge in [-0.3, -0.25) is 0 Å². The molecule has 0 spiro atoms. The third kappa shape index (κ3) is 2.65. The largest absolute Gasteiger partial charge is 0.478 e. The van der Waals surface area contributed by atoms with E-state index < -0.39 is 5.97 Å². The van der Waals surface area contributed by atoms with Gasteiger partial charge in [0.25, 0.3) is 0 Å². The smallest absolute Gasteiger partial charge is 0.337 e. The van der Waals surface area contributed by atoms with Crippen molar-refractivity contribution in [2.45, 2.75) is 19.3 Å². The molecule has 0 aromatic carbocycles. The van der Waals surface area contributed by atoms with E-state index in [1.807, 2.05) is 5.01 Å². The minimum Gasteiger partial charge on any atom is -0.478 e. The summed E-state index contributed by atoms with van der Waals surface area (Å²) in [5.74, 6) is -0.613. The van der Waals surface area contributed by atoms with Crippen molar-refractivity contribution < 1.29 is 9.90 Å². The van der Waals surface area contributed by atoms with Crippen molar-refractivity contribution in [2.24, 2.45) is 0 Å². The van der Waals surface area contributed by atoms with Gasteiger partial charge < -0.3 is 16.3 Å². The van der Waals surface area contributed by atoms with Crippen molar-refractivity contribution in [1.82, 2.24) is 9.99 Å². The van der Waals surface area contributed by atoms with Crippen LogP contribution in [0.25, 0.3) is 0 Å². The first-order valence-electron chi connectivity index (χ1n) is 5.68. The van der Waals surface area contributed by atoms with Gasteiger partial charge in [-0.05, 0) is 18.9 Å². The third-order valence-corrected chi connectivity index (χ3v) is 2.84. The minimum absolute atomic E-state index is 0.0829. The van der Waals surface area contributed by atoms with Crippen LogP contribution in [-0.4, -0.2) is 34.2 Å². The van der Waals surface area contributed by atoms with E-state index in [1.165, 1.54) is 18.7 Å². The molecule has 1 aromatic rings. The minimum atomic E-state index is -1.04. The summed E-state index contributed by atoms with van der Waals surface area (Å²) in [7, 11) is 0. The lowest BCUT2D eigenvalue weighted by molar-refractivity contribution is 0.0698. The Balaban J connectivity index is 2.15. The summed E-state index contributed by atoms with van der Waals surface area (Å²) in [5.41, 5.74) is 9.12. The molecule has 1 saturated heterocycles. The van der Waals surface area contributed by atoms with Gasteiger partial charge in [0, 0.05) is 19.3 Å². The lowest BCUT2D eigenvalue weighted by atomic mass is 10.2. The number of nitrogen functional groups attached to an aromatic ring is 1. The van der Waals surface area contributed by atoms with Crippen molar-refractivity contribution >= 4 is 17.5 Å². The second-order valence-electron chi connectivity index (χ2n) is 4.09. The molecule has 1 aromatic heterocycles. The number of nitrogens with one attached hydrogen (secondary N) is 1. The van der Waals surface area contributed by atoms with Crippen molar-refractivity contribution in [3.63, 3.8) is 0 Å². The molecule has 2 rings (SSSR count). The van der Waals surface area contributed by atoms with E-state index in [0.717, 1.165) is 25.9 Å². The number of aromatic carboxylic acids is 1. The number of hydrogen-bond acceptors (Lipinski definition) is 5. The maximum Gasteiger partial charge on any atom is 0.337 e. The Morgan fingerprint density at radius 1 is 1.41 bits per heavy atom. The highest BCUT2D eigenvalue weighted by Crippen LogP contribution is 2.21. The van der Waals surface area contributed by atoms with E-state index in [1.54, 1.807) is 0 Å². The van der Waals surface area contributed by atoms with E-state index in [2.05, 4.69) is 10.4 Å². The van der Waals surface area contributed by atoms with Crippen LogP contribution in [0, 0.1) is 0 Å². The second kappa shape index (κ2) is 5.01. The highest BCUT2D eigenvalue weighted by atomic mass is 16.4. The summed E-state index contributed by atoms with van der Waals surface area (Å²) >= 11 is 0. The number of carboxylic acid groups (broad SMARTS) is 1. The molecule has 0 radical (unpaired) electrons. The predicted molar refractivity (Wildman–Crippen MR) is 64.7 cm³/mol. The number of rotatable bonds is 3. The molecule has 4 N–H and O–H groups in total. The predicted octanol–water partition coefficient (Wildman–Crippen LogP) is 1.17. The fourth-order valence-corrected chi connectivity index (χ4v) is 1.90. The van der Waals surface area contributed by atoms with E-state index in [9.17, 15) is 4.79 Å². The van der Waals surface area contributed by atoms with Crippen LogP contribution < -0.4 is 11.2 Å². The first-order chi connectivity index (χ1) is 8.18. The Kier molecular flexibility index (Phi) is 3.43. The Morgan fingerprint density at radius 3 is 2.76 bits per heavy atom. The summed E-state index contributed by atoms with van der Waals surface area (Å²) < 4.78 is 0. The zero-order chi connectivity index (χ0) is 12.3. The van der Waals surface area contributed by atoms with E-state index in [4.69, 9.17) is 10.8 Å². The van der Waals surface area contributed by atoms with E-state index >= 15 is 0 Å². The van der Waals surface area contributed by atoms with Crippen molar-refractivity contribution in [3.8, 4) is 0 Å². The molecule has 0 atom stereocenters. The van der Waals surface area contributed by atoms with Crippen molar-refractivity contribution in [3.05, 3.63) is 17.8 Å². The van der Waals surface area contributed by atoms with Gasteiger partial charge in [-0.15, -0.1) is 0 Å². The summed E-state index contributed by atoms with van der Waals surface area (Å²) in [6.07, 6.45) is 4.94. The summed E-state index contributed by atoms with van der Waals surface area (Å²) in [6, 6.07) is 1.40. The molecule has 2 heterocycles. The molecule has 1 aliphatic heterocycles. The fraction of sp³-hybridized carbons (Fsp3) is 0.455. The SMILES string of the molecule is Nc1c(C(=O)O)ccnc1NN1CCCCC1. The molecule has 0 saturated carbocycles. The van der Waals surface area contributed by atoms with E-state index in [-0.39, 0.29) is 11.3 Å². The molecule has 0 aliphatic carbocycles. The van der Waals surface area contributed by atoms with Crippen molar-refractivity contribution in [1.29, 1.82) is 0 Å². The number of anilines is 2. The number of hydrogen-bond donors (Lipinski definition) is 3. The number of hydrazine groups is 1. The highest BCUT2D eigenvalue weighted by molar-refractivity contribution is 5.96. The Hall–Kier alpha value is -1.82. The number of piperidine rings is 1. The average Bonchev–Trinajstić information content (AvgIpc) is 2.33. The van der Waals surface area contributed by atoms with Crippen LogP contribution in [0.3, 0.4) is 0 Å². The molecule has 92 valence electrons. The molecule has 6 heteroatoms. The number of nitrogens with zero attached hydrogens (tertiary/aromatic N) is 2. The Morgan fingerprint density at radius 2 is 2.12 bits per heavy atom. The van der Waals surface area contributed by atoms with Gasteiger partial charge in [-0.25, -0.2) is 14.8 Å². The van der Waals surface area contributed by atoms with Crippen LogP contribution in [0.15, 0.2) is 12.3 Å². The summed E-state index contributed by atoms with van der Waals surface area (Å²) in [4.78, 5) is 15.0. The standard InChI is InChI=1S/C11H16N4O2/c12-9-8(11(16)17)4-5-13-10(9)14-15-6-2-1-3-7-15/h4-5H,1-3,6-7,12H2,(H,13,14)(H,16,17). The number of aromatic nitrogens is 1. The summed E-state index contributed by atoms with van der Waals surface area (Å²) in [5, 5.41) is 11.0. The van der Waals surface area contributed by atoms with Gasteiger partial charge >= 0.3 is 5.97 Å². The zero-order valence-electron chi connectivity index (χ0n) is 9.52. The van der Waals surface area contributed by atoms with E-state index in [0.29, 0.717) is 5.82 Å². The monoisotopic (exact) mass is 236 g/mol. The Bertz CT molecular complexity index is 416. The number of nitrogens with two attached hydrogens (primary N) is 1. The van der Waals surface area contributed by atoms with Crippen LogP contribution in [-0.2, 0) is 0 Å². The first-order valence-corrected chi connectivity index (χ1v) is 5.68.